The van der Waals surface area contributed by atoms with E-state index in [9.17, 15) is 4.79 Å². The number of likely N-dealkylation sites (tertiary alicyclic amines) is 1. The molecule has 1 heterocycles. The first-order chi connectivity index (χ1) is 11.0. The number of benzene rings is 1. The van der Waals surface area contributed by atoms with E-state index in [4.69, 9.17) is 15.2 Å². The van der Waals surface area contributed by atoms with Crippen molar-refractivity contribution in [1.29, 1.82) is 0 Å². The smallest absolute Gasteiger partial charge is 0.222 e. The molecule has 0 aromatic heterocycles. The van der Waals surface area contributed by atoms with Crippen LogP contribution in [0.3, 0.4) is 0 Å². The van der Waals surface area contributed by atoms with Crippen LogP contribution in [0.2, 0.25) is 0 Å². The van der Waals surface area contributed by atoms with Gasteiger partial charge in [0.2, 0.25) is 5.91 Å². The summed E-state index contributed by atoms with van der Waals surface area (Å²) in [7, 11) is 3.28. The van der Waals surface area contributed by atoms with E-state index >= 15 is 0 Å². The van der Waals surface area contributed by atoms with Crippen molar-refractivity contribution >= 4 is 5.91 Å². The van der Waals surface area contributed by atoms with Crippen molar-refractivity contribution in [1.82, 2.24) is 4.90 Å². The van der Waals surface area contributed by atoms with Crippen molar-refractivity contribution in [3.63, 3.8) is 0 Å². The Morgan fingerprint density at radius 3 is 2.57 bits per heavy atom. The molecule has 2 N–H and O–H groups in total. The van der Waals surface area contributed by atoms with E-state index in [1.54, 1.807) is 14.2 Å². The lowest BCUT2D eigenvalue weighted by atomic mass is 9.91. The van der Waals surface area contributed by atoms with Gasteiger partial charge in [0.05, 0.1) is 14.2 Å². The Labute approximate surface area is 138 Å². The van der Waals surface area contributed by atoms with E-state index in [0.717, 1.165) is 43.0 Å². The van der Waals surface area contributed by atoms with Crippen LogP contribution in [0.25, 0.3) is 0 Å². The molecular weight excluding hydrogens is 292 g/mol. The minimum Gasteiger partial charge on any atom is -0.497 e. The molecule has 0 spiro atoms. The lowest BCUT2D eigenvalue weighted by Gasteiger charge is -2.33. The topological polar surface area (TPSA) is 64.8 Å². The van der Waals surface area contributed by atoms with Gasteiger partial charge in [-0.15, -0.1) is 0 Å². The van der Waals surface area contributed by atoms with Crippen LogP contribution in [0.15, 0.2) is 18.2 Å². The van der Waals surface area contributed by atoms with Crippen LogP contribution in [0.5, 0.6) is 11.5 Å². The van der Waals surface area contributed by atoms with Gasteiger partial charge in [-0.3, -0.25) is 4.79 Å². The number of nitrogens with two attached hydrogens (primary N) is 1. The maximum atomic E-state index is 12.4. The van der Waals surface area contributed by atoms with Gasteiger partial charge < -0.3 is 20.1 Å². The highest BCUT2D eigenvalue weighted by Crippen LogP contribution is 2.26. The first-order valence-corrected chi connectivity index (χ1v) is 8.29. The molecule has 5 heteroatoms. The number of piperidine rings is 1. The summed E-state index contributed by atoms with van der Waals surface area (Å²) in [4.78, 5) is 14.4. The van der Waals surface area contributed by atoms with Crippen molar-refractivity contribution in [2.75, 3.05) is 27.3 Å². The zero-order chi connectivity index (χ0) is 16.8. The van der Waals surface area contributed by atoms with Gasteiger partial charge in [-0.25, -0.2) is 0 Å². The molecule has 1 aromatic rings. The Hall–Kier alpha value is -1.75. The number of carbonyl (C=O) groups excluding carboxylic acids is 1. The number of amides is 1. The molecule has 0 aliphatic carbocycles. The fraction of sp³-hybridized carbons (Fsp3) is 0.611. The minimum absolute atomic E-state index is 0.206. The van der Waals surface area contributed by atoms with Crippen LogP contribution < -0.4 is 15.2 Å². The average molecular weight is 320 g/mol. The monoisotopic (exact) mass is 320 g/mol. The largest absolute Gasteiger partial charge is 0.497 e. The maximum absolute atomic E-state index is 12.4. The molecule has 1 aliphatic heterocycles. The molecule has 1 saturated heterocycles. The molecule has 0 bridgehead atoms. The van der Waals surface area contributed by atoms with Gasteiger partial charge >= 0.3 is 0 Å². The first kappa shape index (κ1) is 17.6. The van der Waals surface area contributed by atoms with E-state index in [1.165, 1.54) is 0 Å². The fourth-order valence-corrected chi connectivity index (χ4v) is 3.15. The molecule has 23 heavy (non-hydrogen) atoms. The van der Waals surface area contributed by atoms with E-state index in [2.05, 4.69) is 6.92 Å². The van der Waals surface area contributed by atoms with Crippen molar-refractivity contribution in [3.8, 4) is 11.5 Å². The number of hydrogen-bond donors (Lipinski definition) is 1. The molecule has 1 aromatic carbocycles. The summed E-state index contributed by atoms with van der Waals surface area (Å²) in [5.74, 6) is 2.33. The van der Waals surface area contributed by atoms with Crippen molar-refractivity contribution in [2.24, 2.45) is 11.7 Å². The summed E-state index contributed by atoms with van der Waals surface area (Å²) in [5.41, 5.74) is 6.96. The number of hydrogen-bond acceptors (Lipinski definition) is 4. The normalized spacial score (nSPS) is 17.0. The molecule has 1 aliphatic rings. The lowest BCUT2D eigenvalue weighted by molar-refractivity contribution is -0.132. The minimum atomic E-state index is 0.206. The molecule has 1 amide bonds. The molecule has 0 radical (unpaired) electrons. The van der Waals surface area contributed by atoms with Crippen molar-refractivity contribution in [2.45, 2.75) is 38.6 Å². The Balaban J connectivity index is 1.90. The van der Waals surface area contributed by atoms with Gasteiger partial charge in [-0.1, -0.05) is 0 Å². The van der Waals surface area contributed by atoms with Gasteiger partial charge in [-0.2, -0.15) is 0 Å². The standard InChI is InChI=1S/C18H28N2O3/c1-13(19)14-8-10-20(11-9-14)18(21)7-4-15-12-16(22-2)5-6-17(15)23-3/h5-6,12-14H,4,7-11,19H2,1-3H3. The summed E-state index contributed by atoms with van der Waals surface area (Å²) >= 11 is 0. The van der Waals surface area contributed by atoms with Crippen LogP contribution >= 0.6 is 0 Å². The van der Waals surface area contributed by atoms with Crippen molar-refractivity contribution < 1.29 is 14.3 Å². The Morgan fingerprint density at radius 1 is 1.30 bits per heavy atom. The van der Waals surface area contributed by atoms with Crippen LogP contribution in [0, 0.1) is 5.92 Å². The Morgan fingerprint density at radius 2 is 2.00 bits per heavy atom. The van der Waals surface area contributed by atoms with Gasteiger partial charge in [-0.05, 0) is 55.9 Å². The second-order valence-corrected chi connectivity index (χ2v) is 6.26. The SMILES string of the molecule is COc1ccc(OC)c(CCC(=O)N2CCC(C(C)N)CC2)c1. The van der Waals surface area contributed by atoms with Gasteiger partial charge in [0, 0.05) is 25.6 Å². The van der Waals surface area contributed by atoms with Gasteiger partial charge in [0.25, 0.3) is 0 Å². The number of ether oxygens (including phenoxy) is 2. The zero-order valence-electron chi connectivity index (χ0n) is 14.4. The third-order valence-electron chi connectivity index (χ3n) is 4.73. The molecular formula is C18H28N2O3. The number of rotatable bonds is 6. The second-order valence-electron chi connectivity index (χ2n) is 6.26. The quantitative estimate of drug-likeness (QED) is 0.873. The van der Waals surface area contributed by atoms with Crippen LogP contribution in [0.1, 0.15) is 31.7 Å². The van der Waals surface area contributed by atoms with E-state index < -0.39 is 0 Å². The van der Waals surface area contributed by atoms with Crippen LogP contribution in [-0.4, -0.2) is 44.2 Å². The highest BCUT2D eigenvalue weighted by molar-refractivity contribution is 5.76. The lowest BCUT2D eigenvalue weighted by Crippen LogP contribution is -2.42. The predicted molar refractivity (Wildman–Crippen MR) is 90.8 cm³/mol. The fourth-order valence-electron chi connectivity index (χ4n) is 3.15. The Kier molecular flexibility index (Phi) is 6.28. The second kappa shape index (κ2) is 8.20. The van der Waals surface area contributed by atoms with E-state index in [1.807, 2.05) is 23.1 Å². The summed E-state index contributed by atoms with van der Waals surface area (Å²) in [6.45, 7) is 3.69. The molecule has 1 fully saturated rings. The summed E-state index contributed by atoms with van der Waals surface area (Å²) < 4.78 is 10.6. The molecule has 1 atom stereocenters. The predicted octanol–water partition coefficient (Wildman–Crippen LogP) is 2.22. The van der Waals surface area contributed by atoms with Crippen molar-refractivity contribution in [3.05, 3.63) is 23.8 Å². The number of nitrogens with zero attached hydrogens (tertiary/aromatic N) is 1. The number of methoxy groups -OCH3 is 2. The average Bonchev–Trinajstić information content (AvgIpc) is 2.59. The number of aryl methyl sites for hydroxylation is 1. The maximum Gasteiger partial charge on any atom is 0.222 e. The van der Waals surface area contributed by atoms with E-state index in [0.29, 0.717) is 18.8 Å². The summed E-state index contributed by atoms with van der Waals surface area (Å²) in [6.07, 6.45) is 3.16. The Bertz CT molecular complexity index is 523. The molecule has 1 unspecified atom stereocenters. The molecule has 128 valence electrons. The van der Waals surface area contributed by atoms with Gasteiger partial charge in [0.1, 0.15) is 11.5 Å². The molecule has 0 saturated carbocycles. The van der Waals surface area contributed by atoms with Crippen LogP contribution in [0.4, 0.5) is 0 Å². The highest BCUT2D eigenvalue weighted by atomic mass is 16.5. The number of carbonyl (C=O) groups is 1. The molecule has 5 nitrogen and oxygen atoms in total. The first-order valence-electron chi connectivity index (χ1n) is 8.29. The third kappa shape index (κ3) is 4.61. The van der Waals surface area contributed by atoms with E-state index in [-0.39, 0.29) is 11.9 Å². The third-order valence-corrected chi connectivity index (χ3v) is 4.73. The zero-order valence-corrected chi connectivity index (χ0v) is 14.4. The highest BCUT2D eigenvalue weighted by Gasteiger charge is 2.24. The van der Waals surface area contributed by atoms with Crippen LogP contribution in [-0.2, 0) is 11.2 Å². The van der Waals surface area contributed by atoms with Gasteiger partial charge in [0.15, 0.2) is 0 Å². The summed E-state index contributed by atoms with van der Waals surface area (Å²) in [5, 5.41) is 0. The molecule has 2 rings (SSSR count). The summed E-state index contributed by atoms with van der Waals surface area (Å²) in [6, 6.07) is 5.90.